The zero-order valence-corrected chi connectivity index (χ0v) is 17.1. The van der Waals surface area contributed by atoms with Crippen LogP contribution in [-0.4, -0.2) is 41.1 Å². The summed E-state index contributed by atoms with van der Waals surface area (Å²) < 4.78 is 38.6. The Bertz CT molecular complexity index is 1020. The third-order valence-corrected chi connectivity index (χ3v) is 6.63. The highest BCUT2D eigenvalue weighted by Gasteiger charge is 2.36. The van der Waals surface area contributed by atoms with E-state index >= 15 is 0 Å². The highest BCUT2D eigenvalue weighted by atomic mass is 32.2. The first kappa shape index (κ1) is 19.7. The summed E-state index contributed by atoms with van der Waals surface area (Å²) in [6, 6.07) is 12.2. The molecular formula is C21H24N2O5S. The van der Waals surface area contributed by atoms with Crippen LogP contribution >= 0.6 is 0 Å². The number of carbonyl (C=O) groups is 1. The first-order chi connectivity index (χ1) is 14.0. The van der Waals surface area contributed by atoms with Crippen molar-refractivity contribution >= 4 is 21.6 Å². The maximum atomic E-state index is 12.6. The molecule has 1 amide bonds. The molecule has 2 aromatic rings. The fourth-order valence-electron chi connectivity index (χ4n) is 3.48. The monoisotopic (exact) mass is 416 g/mol. The van der Waals surface area contributed by atoms with Gasteiger partial charge < -0.3 is 14.4 Å². The Morgan fingerprint density at radius 1 is 1.17 bits per heavy atom. The van der Waals surface area contributed by atoms with Crippen LogP contribution in [0, 0.1) is 5.92 Å². The summed E-state index contributed by atoms with van der Waals surface area (Å²) in [5.74, 6) is 1.46. The number of anilines is 1. The van der Waals surface area contributed by atoms with Crippen LogP contribution in [0.4, 0.5) is 5.69 Å². The maximum absolute atomic E-state index is 12.6. The standard InChI is InChI=1S/C21H24N2O5S/c1-27-19-4-2-3-5-20(19)28-13-11-22-29(25,26)17-8-9-18-16(14-17)10-12-23(18)21(24)15-6-7-15/h2-5,8-9,14-15,22H,6-7,10-13H2,1H3. The van der Waals surface area contributed by atoms with Crippen molar-refractivity contribution < 1.29 is 22.7 Å². The van der Waals surface area contributed by atoms with E-state index in [1.54, 1.807) is 42.3 Å². The van der Waals surface area contributed by atoms with E-state index in [1.807, 2.05) is 12.1 Å². The molecule has 1 aliphatic carbocycles. The minimum absolute atomic E-state index is 0.129. The molecule has 0 atom stereocenters. The lowest BCUT2D eigenvalue weighted by Gasteiger charge is -2.17. The average molecular weight is 416 g/mol. The number of hydrogen-bond donors (Lipinski definition) is 1. The molecule has 0 unspecified atom stereocenters. The molecule has 1 fully saturated rings. The van der Waals surface area contributed by atoms with Crippen LogP contribution in [0.1, 0.15) is 18.4 Å². The van der Waals surface area contributed by atoms with Crippen molar-refractivity contribution in [3.63, 3.8) is 0 Å². The summed E-state index contributed by atoms with van der Waals surface area (Å²) in [5, 5.41) is 0. The lowest BCUT2D eigenvalue weighted by Crippen LogP contribution is -2.30. The molecule has 2 aliphatic rings. The molecule has 1 aliphatic heterocycles. The molecule has 8 heteroatoms. The number of ether oxygens (including phenoxy) is 2. The quantitative estimate of drug-likeness (QED) is 0.668. The summed E-state index contributed by atoms with van der Waals surface area (Å²) in [6.45, 7) is 0.923. The Morgan fingerprint density at radius 2 is 1.93 bits per heavy atom. The Labute approximate surface area is 170 Å². The molecule has 0 bridgehead atoms. The van der Waals surface area contributed by atoms with E-state index in [0.29, 0.717) is 24.5 Å². The van der Waals surface area contributed by atoms with Crippen molar-refractivity contribution in [3.05, 3.63) is 48.0 Å². The topological polar surface area (TPSA) is 84.9 Å². The molecule has 2 aromatic carbocycles. The van der Waals surface area contributed by atoms with E-state index in [1.165, 1.54) is 0 Å². The number of carbonyl (C=O) groups excluding carboxylic acids is 1. The lowest BCUT2D eigenvalue weighted by molar-refractivity contribution is -0.119. The smallest absolute Gasteiger partial charge is 0.240 e. The normalized spacial score (nSPS) is 15.8. The molecular weight excluding hydrogens is 392 g/mol. The highest BCUT2D eigenvalue weighted by Crippen LogP contribution is 2.37. The van der Waals surface area contributed by atoms with Gasteiger partial charge in [0.05, 0.1) is 12.0 Å². The summed E-state index contributed by atoms with van der Waals surface area (Å²) in [7, 11) is -2.10. The molecule has 4 rings (SSSR count). The van der Waals surface area contributed by atoms with Gasteiger partial charge in [-0.1, -0.05) is 12.1 Å². The van der Waals surface area contributed by atoms with Gasteiger partial charge in [-0.15, -0.1) is 0 Å². The SMILES string of the molecule is COc1ccccc1OCCNS(=O)(=O)c1ccc2c(c1)CCN2C(=O)C1CC1. The first-order valence-electron chi connectivity index (χ1n) is 9.69. The summed E-state index contributed by atoms with van der Waals surface area (Å²) >= 11 is 0. The van der Waals surface area contributed by atoms with E-state index in [-0.39, 0.29) is 29.9 Å². The minimum Gasteiger partial charge on any atom is -0.493 e. The number of sulfonamides is 1. The van der Waals surface area contributed by atoms with Gasteiger partial charge in [0.15, 0.2) is 11.5 Å². The molecule has 1 saturated carbocycles. The number of rotatable bonds is 8. The summed E-state index contributed by atoms with van der Waals surface area (Å²) in [4.78, 5) is 14.4. The second-order valence-corrected chi connectivity index (χ2v) is 8.97. The molecule has 0 saturated heterocycles. The molecule has 0 aromatic heterocycles. The van der Waals surface area contributed by atoms with Crippen LogP contribution in [0.3, 0.4) is 0 Å². The predicted molar refractivity (Wildman–Crippen MR) is 109 cm³/mol. The lowest BCUT2D eigenvalue weighted by atomic mass is 10.2. The van der Waals surface area contributed by atoms with Crippen molar-refractivity contribution in [1.82, 2.24) is 4.72 Å². The van der Waals surface area contributed by atoms with Gasteiger partial charge in [0, 0.05) is 24.7 Å². The number of hydrogen-bond acceptors (Lipinski definition) is 5. The minimum atomic E-state index is -3.66. The van der Waals surface area contributed by atoms with E-state index in [2.05, 4.69) is 4.72 Å². The largest absolute Gasteiger partial charge is 0.493 e. The van der Waals surface area contributed by atoms with Gasteiger partial charge in [0.25, 0.3) is 0 Å². The number of fused-ring (bicyclic) bond motifs is 1. The number of nitrogens with one attached hydrogen (secondary N) is 1. The van der Waals surface area contributed by atoms with Crippen molar-refractivity contribution in [3.8, 4) is 11.5 Å². The number of amides is 1. The second-order valence-electron chi connectivity index (χ2n) is 7.20. The Morgan fingerprint density at radius 3 is 2.66 bits per heavy atom. The Hall–Kier alpha value is -2.58. The Balaban J connectivity index is 1.37. The van der Waals surface area contributed by atoms with Crippen LogP contribution < -0.4 is 19.1 Å². The molecule has 0 spiro atoms. The highest BCUT2D eigenvalue weighted by molar-refractivity contribution is 7.89. The van der Waals surface area contributed by atoms with Gasteiger partial charge >= 0.3 is 0 Å². The van der Waals surface area contributed by atoms with E-state index < -0.39 is 10.0 Å². The van der Waals surface area contributed by atoms with Crippen molar-refractivity contribution in [2.24, 2.45) is 5.92 Å². The first-order valence-corrected chi connectivity index (χ1v) is 11.2. The van der Waals surface area contributed by atoms with Gasteiger partial charge in [-0.2, -0.15) is 0 Å². The van der Waals surface area contributed by atoms with E-state index in [4.69, 9.17) is 9.47 Å². The fraction of sp³-hybridized carbons (Fsp3) is 0.381. The summed E-state index contributed by atoms with van der Waals surface area (Å²) in [6.07, 6.45) is 2.59. The van der Waals surface area contributed by atoms with Crippen LogP contribution in [0.5, 0.6) is 11.5 Å². The second kappa shape index (κ2) is 8.04. The van der Waals surface area contributed by atoms with Gasteiger partial charge in [-0.05, 0) is 55.2 Å². The van der Waals surface area contributed by atoms with Crippen LogP contribution in [0.15, 0.2) is 47.4 Å². The number of methoxy groups -OCH3 is 1. The number of benzene rings is 2. The molecule has 29 heavy (non-hydrogen) atoms. The fourth-order valence-corrected chi connectivity index (χ4v) is 4.55. The third-order valence-electron chi connectivity index (χ3n) is 5.17. The summed E-state index contributed by atoms with van der Waals surface area (Å²) in [5.41, 5.74) is 1.73. The van der Waals surface area contributed by atoms with Crippen LogP contribution in [-0.2, 0) is 21.2 Å². The maximum Gasteiger partial charge on any atom is 0.240 e. The van der Waals surface area contributed by atoms with Gasteiger partial charge in [0.1, 0.15) is 6.61 Å². The zero-order chi connectivity index (χ0) is 20.4. The van der Waals surface area contributed by atoms with Crippen LogP contribution in [0.25, 0.3) is 0 Å². The predicted octanol–water partition coefficient (Wildman–Crippen LogP) is 2.35. The third kappa shape index (κ3) is 4.23. The Kier molecular flexibility index (Phi) is 5.47. The molecule has 7 nitrogen and oxygen atoms in total. The van der Waals surface area contributed by atoms with Crippen molar-refractivity contribution in [2.75, 3.05) is 31.7 Å². The van der Waals surface area contributed by atoms with Gasteiger partial charge in [-0.25, -0.2) is 13.1 Å². The molecule has 1 N–H and O–H groups in total. The average Bonchev–Trinajstić information content (AvgIpc) is 3.50. The van der Waals surface area contributed by atoms with Gasteiger partial charge in [0.2, 0.25) is 15.9 Å². The van der Waals surface area contributed by atoms with Crippen molar-refractivity contribution in [2.45, 2.75) is 24.2 Å². The molecule has 0 radical (unpaired) electrons. The van der Waals surface area contributed by atoms with Gasteiger partial charge in [-0.3, -0.25) is 4.79 Å². The molecule has 154 valence electrons. The van der Waals surface area contributed by atoms with Crippen LogP contribution in [0.2, 0.25) is 0 Å². The van der Waals surface area contributed by atoms with E-state index in [9.17, 15) is 13.2 Å². The van der Waals surface area contributed by atoms with Crippen molar-refractivity contribution in [1.29, 1.82) is 0 Å². The number of para-hydroxylation sites is 2. The zero-order valence-electron chi connectivity index (χ0n) is 16.3. The van der Waals surface area contributed by atoms with E-state index in [0.717, 1.165) is 24.1 Å². The molecule has 1 heterocycles. The number of nitrogens with zero attached hydrogens (tertiary/aromatic N) is 1.